The molecule has 0 radical (unpaired) electrons. The van der Waals surface area contributed by atoms with E-state index in [0.29, 0.717) is 0 Å². The number of hydrogen-bond donors (Lipinski definition) is 3. The topological polar surface area (TPSA) is 82.3 Å². The van der Waals surface area contributed by atoms with Crippen molar-refractivity contribution in [3.63, 3.8) is 0 Å². The van der Waals surface area contributed by atoms with Gasteiger partial charge in [0.1, 0.15) is 29.8 Å². The highest BCUT2D eigenvalue weighted by Gasteiger charge is 2.47. The summed E-state index contributed by atoms with van der Waals surface area (Å²) in [5, 5.41) is 28.3. The van der Waals surface area contributed by atoms with Gasteiger partial charge in [0.25, 0.3) is 0 Å². The van der Waals surface area contributed by atoms with E-state index < -0.39 is 43.2 Å². The van der Waals surface area contributed by atoms with Crippen molar-refractivity contribution >= 4 is 16.8 Å². The summed E-state index contributed by atoms with van der Waals surface area (Å²) < 4.78 is 27.0. The number of aliphatic imine (C=N–C) groups is 1. The molecule has 0 saturated carbocycles. The SMILES string of the molecule is [2H]C([2H])([2H])C1=N[C@@H]2C(O)[C@H](O)[C@@H](CO)O[C@@H]2S1. The number of nitrogens with zero attached hydrogens (tertiary/aromatic N) is 1. The molecule has 5 atom stereocenters. The Morgan fingerprint density at radius 2 is 2.36 bits per heavy atom. The molecule has 14 heavy (non-hydrogen) atoms. The van der Waals surface area contributed by atoms with E-state index in [-0.39, 0.29) is 5.04 Å². The molecule has 0 spiro atoms. The van der Waals surface area contributed by atoms with E-state index in [4.69, 9.17) is 14.0 Å². The van der Waals surface area contributed by atoms with Gasteiger partial charge in [-0.15, -0.1) is 0 Å². The van der Waals surface area contributed by atoms with E-state index in [1.807, 2.05) is 0 Å². The van der Waals surface area contributed by atoms with Crippen molar-refractivity contribution < 1.29 is 24.2 Å². The Balaban J connectivity index is 2.18. The number of ether oxygens (including phenoxy) is 1. The molecule has 1 unspecified atom stereocenters. The van der Waals surface area contributed by atoms with Crippen LogP contribution in [0.2, 0.25) is 0 Å². The average Bonchev–Trinajstić information content (AvgIpc) is 2.67. The lowest BCUT2D eigenvalue weighted by molar-refractivity contribution is -0.164. The molecule has 5 nitrogen and oxygen atoms in total. The van der Waals surface area contributed by atoms with Crippen LogP contribution in [0.3, 0.4) is 0 Å². The predicted octanol–water partition coefficient (Wildman–Crippen LogP) is -1.04. The molecule has 1 fully saturated rings. The minimum absolute atomic E-state index is 0.0858. The zero-order valence-corrected chi connectivity index (χ0v) is 8.02. The van der Waals surface area contributed by atoms with Crippen molar-refractivity contribution in [1.82, 2.24) is 0 Å². The quantitative estimate of drug-likeness (QED) is 0.528. The van der Waals surface area contributed by atoms with Gasteiger partial charge in [0, 0.05) is 4.11 Å². The van der Waals surface area contributed by atoms with Crippen LogP contribution in [0, 0.1) is 0 Å². The standard InChI is InChI=1S/C8H13NO4S/c1-3-9-5-7(12)6(11)4(2-10)13-8(5)14-3/h4-8,10-12H,2H2,1H3/t4-,5-,6-,7?,8-/m1/s1/i1D3. The maximum absolute atomic E-state index is 9.79. The van der Waals surface area contributed by atoms with Crippen LogP contribution in [-0.4, -0.2) is 56.8 Å². The summed E-state index contributed by atoms with van der Waals surface area (Å²) in [6.45, 7) is -2.78. The van der Waals surface area contributed by atoms with Gasteiger partial charge in [-0.05, 0) is 6.85 Å². The second-order valence-electron chi connectivity index (χ2n) is 3.25. The fourth-order valence-corrected chi connectivity index (χ4v) is 2.54. The molecule has 1 saturated heterocycles. The van der Waals surface area contributed by atoms with E-state index in [2.05, 4.69) is 4.99 Å². The average molecular weight is 222 g/mol. The molecule has 2 heterocycles. The minimum Gasteiger partial charge on any atom is -0.394 e. The van der Waals surface area contributed by atoms with Gasteiger partial charge in [0.15, 0.2) is 0 Å². The summed E-state index contributed by atoms with van der Waals surface area (Å²) in [5.41, 5.74) is -0.666. The first kappa shape index (κ1) is 7.19. The normalized spacial score (nSPS) is 51.5. The van der Waals surface area contributed by atoms with Crippen LogP contribution >= 0.6 is 11.8 Å². The van der Waals surface area contributed by atoms with E-state index in [1.54, 1.807) is 0 Å². The van der Waals surface area contributed by atoms with Gasteiger partial charge >= 0.3 is 0 Å². The van der Waals surface area contributed by atoms with Gasteiger partial charge in [-0.25, -0.2) is 0 Å². The van der Waals surface area contributed by atoms with Crippen molar-refractivity contribution in [2.75, 3.05) is 6.61 Å². The Labute approximate surface area is 90.0 Å². The highest BCUT2D eigenvalue weighted by atomic mass is 32.2. The highest BCUT2D eigenvalue weighted by Crippen LogP contribution is 2.36. The van der Waals surface area contributed by atoms with Crippen molar-refractivity contribution in [1.29, 1.82) is 0 Å². The van der Waals surface area contributed by atoms with E-state index >= 15 is 0 Å². The van der Waals surface area contributed by atoms with Gasteiger partial charge < -0.3 is 20.1 Å². The van der Waals surface area contributed by atoms with Crippen LogP contribution in [0.4, 0.5) is 0 Å². The summed E-state index contributed by atoms with van der Waals surface area (Å²) in [4.78, 5) is 3.88. The van der Waals surface area contributed by atoms with Crippen LogP contribution in [-0.2, 0) is 4.74 Å². The van der Waals surface area contributed by atoms with Crippen LogP contribution in [0.25, 0.3) is 0 Å². The number of thioether (sulfide) groups is 1. The fraction of sp³-hybridized carbons (Fsp3) is 0.875. The Morgan fingerprint density at radius 3 is 3.00 bits per heavy atom. The molecule has 0 aromatic carbocycles. The molecule has 0 aromatic heterocycles. The first-order valence-corrected chi connectivity index (χ1v) is 5.10. The molecule has 2 aliphatic heterocycles. The number of aliphatic hydroxyl groups is 3. The van der Waals surface area contributed by atoms with Gasteiger partial charge in [-0.3, -0.25) is 4.99 Å². The van der Waals surface area contributed by atoms with Crippen molar-refractivity contribution in [2.24, 2.45) is 4.99 Å². The Kier molecular flexibility index (Phi) is 1.94. The first-order valence-electron chi connectivity index (χ1n) is 5.72. The van der Waals surface area contributed by atoms with Gasteiger partial charge in [0.05, 0.1) is 11.7 Å². The number of aliphatic hydroxyl groups excluding tert-OH is 3. The zero-order chi connectivity index (χ0) is 12.8. The maximum Gasteiger partial charge on any atom is 0.134 e. The van der Waals surface area contributed by atoms with Gasteiger partial charge in [-0.1, -0.05) is 11.8 Å². The molecule has 6 heteroatoms. The molecule has 80 valence electrons. The lowest BCUT2D eigenvalue weighted by atomic mass is 9.99. The van der Waals surface area contributed by atoms with Crippen molar-refractivity contribution in [2.45, 2.75) is 36.6 Å². The Hall–Kier alpha value is -0.140. The third-order valence-corrected chi connectivity index (χ3v) is 3.29. The number of hydrogen-bond acceptors (Lipinski definition) is 6. The fourth-order valence-electron chi connectivity index (χ4n) is 1.58. The van der Waals surface area contributed by atoms with E-state index in [1.165, 1.54) is 0 Å². The molecule has 0 aromatic rings. The van der Waals surface area contributed by atoms with Crippen LogP contribution in [0.1, 0.15) is 11.0 Å². The molecule has 2 aliphatic rings. The summed E-state index contributed by atoms with van der Waals surface area (Å²) in [6, 6.07) is -0.798. The van der Waals surface area contributed by atoms with Crippen LogP contribution in [0.5, 0.6) is 0 Å². The van der Waals surface area contributed by atoms with Crippen LogP contribution < -0.4 is 0 Å². The highest BCUT2D eigenvalue weighted by molar-refractivity contribution is 8.14. The minimum atomic E-state index is -2.34. The van der Waals surface area contributed by atoms with E-state index in [9.17, 15) is 10.2 Å². The molecule has 2 rings (SSSR count). The maximum atomic E-state index is 9.79. The molecular formula is C8H13NO4S. The third kappa shape index (κ3) is 1.57. The second-order valence-corrected chi connectivity index (χ2v) is 4.34. The number of fused-ring (bicyclic) bond motifs is 1. The molecule has 0 bridgehead atoms. The van der Waals surface area contributed by atoms with Crippen molar-refractivity contribution in [3.8, 4) is 0 Å². The summed E-state index contributed by atoms with van der Waals surface area (Å²) >= 11 is 0.909. The Bertz CT molecular complexity index is 337. The number of rotatable bonds is 1. The smallest absolute Gasteiger partial charge is 0.134 e. The molecule has 3 N–H and O–H groups in total. The lowest BCUT2D eigenvalue weighted by Gasteiger charge is -2.37. The predicted molar refractivity (Wildman–Crippen MR) is 52.2 cm³/mol. The van der Waals surface area contributed by atoms with Gasteiger partial charge in [0.2, 0.25) is 0 Å². The first-order chi connectivity index (χ1) is 7.84. The summed E-state index contributed by atoms with van der Waals surface area (Å²) in [5.74, 6) is 0. The molecule has 0 amide bonds. The monoisotopic (exact) mass is 222 g/mol. The van der Waals surface area contributed by atoms with Gasteiger partial charge in [-0.2, -0.15) is 0 Å². The molecular weight excluding hydrogens is 206 g/mol. The zero-order valence-electron chi connectivity index (χ0n) is 10.2. The van der Waals surface area contributed by atoms with Crippen molar-refractivity contribution in [3.05, 3.63) is 0 Å². The third-order valence-electron chi connectivity index (χ3n) is 2.34. The summed E-state index contributed by atoms with van der Waals surface area (Å²) in [6.07, 6.45) is -3.40. The summed E-state index contributed by atoms with van der Waals surface area (Å²) in [7, 11) is 0. The second kappa shape index (κ2) is 3.79. The Morgan fingerprint density at radius 1 is 1.57 bits per heavy atom. The van der Waals surface area contributed by atoms with Crippen LogP contribution in [0.15, 0.2) is 4.99 Å². The lowest BCUT2D eigenvalue weighted by Crippen LogP contribution is -2.55. The molecule has 0 aliphatic carbocycles. The largest absolute Gasteiger partial charge is 0.394 e. The van der Waals surface area contributed by atoms with E-state index in [0.717, 1.165) is 11.8 Å².